The van der Waals surface area contributed by atoms with Crippen LogP contribution >= 0.6 is 0 Å². The Hall–Kier alpha value is -2.41. The van der Waals surface area contributed by atoms with E-state index < -0.39 is 0 Å². The number of hydrogen-bond donors (Lipinski definition) is 3. The SMILES string of the molecule is C#Cc1cccc(NC(=C)NCCNC(C)=O)c1. The molecule has 0 spiro atoms. The van der Waals surface area contributed by atoms with Crippen molar-refractivity contribution in [3.05, 3.63) is 42.2 Å². The van der Waals surface area contributed by atoms with Crippen LogP contribution in [0.4, 0.5) is 5.69 Å². The lowest BCUT2D eigenvalue weighted by Gasteiger charge is -2.12. The van der Waals surface area contributed by atoms with E-state index in [0.717, 1.165) is 11.3 Å². The molecule has 0 aromatic heterocycles. The quantitative estimate of drug-likeness (QED) is 0.521. The van der Waals surface area contributed by atoms with Crippen LogP contribution in [0.2, 0.25) is 0 Å². The van der Waals surface area contributed by atoms with Crippen molar-refractivity contribution in [2.45, 2.75) is 6.92 Å². The van der Waals surface area contributed by atoms with Gasteiger partial charge in [0.1, 0.15) is 0 Å². The fourth-order valence-electron chi connectivity index (χ4n) is 1.36. The number of carbonyl (C=O) groups excluding carboxylic acids is 1. The second kappa shape index (κ2) is 7.02. The molecule has 4 nitrogen and oxygen atoms in total. The molecule has 0 saturated heterocycles. The van der Waals surface area contributed by atoms with Crippen LogP contribution in [0.5, 0.6) is 0 Å². The van der Waals surface area contributed by atoms with Crippen LogP contribution in [-0.2, 0) is 4.79 Å². The molecule has 18 heavy (non-hydrogen) atoms. The summed E-state index contributed by atoms with van der Waals surface area (Å²) in [4.78, 5) is 10.7. The summed E-state index contributed by atoms with van der Waals surface area (Å²) >= 11 is 0. The number of benzene rings is 1. The molecule has 0 radical (unpaired) electrons. The largest absolute Gasteiger partial charge is 0.370 e. The van der Waals surface area contributed by atoms with E-state index in [1.165, 1.54) is 6.92 Å². The van der Waals surface area contributed by atoms with E-state index in [-0.39, 0.29) is 5.91 Å². The summed E-state index contributed by atoms with van der Waals surface area (Å²) in [5.74, 6) is 3.19. The average molecular weight is 243 g/mol. The smallest absolute Gasteiger partial charge is 0.216 e. The molecular formula is C14H17N3O. The summed E-state index contributed by atoms with van der Waals surface area (Å²) in [6.45, 7) is 6.49. The Labute approximate surface area is 107 Å². The van der Waals surface area contributed by atoms with E-state index in [4.69, 9.17) is 6.42 Å². The first-order valence-electron chi connectivity index (χ1n) is 5.62. The molecule has 0 aliphatic rings. The first-order valence-corrected chi connectivity index (χ1v) is 5.62. The molecule has 1 aromatic carbocycles. The molecule has 4 heteroatoms. The molecule has 3 N–H and O–H groups in total. The van der Waals surface area contributed by atoms with E-state index in [0.29, 0.717) is 18.9 Å². The zero-order chi connectivity index (χ0) is 13.4. The van der Waals surface area contributed by atoms with Crippen molar-refractivity contribution < 1.29 is 4.79 Å². The molecule has 0 fully saturated rings. The monoisotopic (exact) mass is 243 g/mol. The van der Waals surface area contributed by atoms with E-state index in [1.807, 2.05) is 24.3 Å². The highest BCUT2D eigenvalue weighted by molar-refractivity contribution is 5.72. The van der Waals surface area contributed by atoms with Crippen molar-refractivity contribution in [2.24, 2.45) is 0 Å². The molecule has 0 heterocycles. The van der Waals surface area contributed by atoms with Gasteiger partial charge in [0.2, 0.25) is 5.91 Å². The van der Waals surface area contributed by atoms with E-state index in [9.17, 15) is 4.79 Å². The van der Waals surface area contributed by atoms with Crippen molar-refractivity contribution in [1.82, 2.24) is 10.6 Å². The molecule has 1 amide bonds. The fourth-order valence-corrected chi connectivity index (χ4v) is 1.36. The highest BCUT2D eigenvalue weighted by Crippen LogP contribution is 2.10. The van der Waals surface area contributed by atoms with Gasteiger partial charge in [-0.1, -0.05) is 18.6 Å². The second-order valence-electron chi connectivity index (χ2n) is 3.74. The maximum atomic E-state index is 10.7. The first kappa shape index (κ1) is 13.7. The summed E-state index contributed by atoms with van der Waals surface area (Å²) in [5, 5.41) is 8.83. The maximum Gasteiger partial charge on any atom is 0.216 e. The van der Waals surface area contributed by atoms with Gasteiger partial charge in [0.25, 0.3) is 0 Å². The van der Waals surface area contributed by atoms with Gasteiger partial charge < -0.3 is 16.0 Å². The Bertz CT molecular complexity index is 474. The standard InChI is InChI=1S/C14H17N3O/c1-4-13-6-5-7-14(10-13)17-11(2)15-8-9-16-12(3)18/h1,5-7,10,15,17H,2,8-9H2,3H3,(H,16,18). The van der Waals surface area contributed by atoms with Crippen LogP contribution in [0.1, 0.15) is 12.5 Å². The molecule has 0 aliphatic carbocycles. The molecule has 0 atom stereocenters. The zero-order valence-corrected chi connectivity index (χ0v) is 10.4. The third kappa shape index (κ3) is 5.08. The van der Waals surface area contributed by atoms with Crippen LogP contribution in [0, 0.1) is 12.3 Å². The van der Waals surface area contributed by atoms with E-state index in [1.54, 1.807) is 0 Å². The topological polar surface area (TPSA) is 53.2 Å². The summed E-state index contributed by atoms with van der Waals surface area (Å²) in [6.07, 6.45) is 5.32. The third-order valence-corrected chi connectivity index (χ3v) is 2.16. The third-order valence-electron chi connectivity index (χ3n) is 2.16. The molecule has 94 valence electrons. The summed E-state index contributed by atoms with van der Waals surface area (Å²) < 4.78 is 0. The average Bonchev–Trinajstić information content (AvgIpc) is 2.34. The van der Waals surface area contributed by atoms with Crippen molar-refractivity contribution in [3.63, 3.8) is 0 Å². The number of amides is 1. The first-order chi connectivity index (χ1) is 8.61. The number of rotatable bonds is 6. The lowest BCUT2D eigenvalue weighted by molar-refractivity contribution is -0.118. The molecule has 0 unspecified atom stereocenters. The van der Waals surface area contributed by atoms with Crippen molar-refractivity contribution in [3.8, 4) is 12.3 Å². The van der Waals surface area contributed by atoms with Gasteiger partial charge in [-0.05, 0) is 18.2 Å². The number of hydrogen-bond acceptors (Lipinski definition) is 3. The molecule has 0 bridgehead atoms. The van der Waals surface area contributed by atoms with Gasteiger partial charge in [-0.3, -0.25) is 4.79 Å². The highest BCUT2D eigenvalue weighted by Gasteiger charge is 1.96. The Balaban J connectivity index is 2.35. The van der Waals surface area contributed by atoms with Crippen molar-refractivity contribution in [1.29, 1.82) is 0 Å². The normalized spacial score (nSPS) is 9.11. The lowest BCUT2D eigenvalue weighted by Crippen LogP contribution is -2.31. The van der Waals surface area contributed by atoms with Crippen molar-refractivity contribution >= 4 is 11.6 Å². The van der Waals surface area contributed by atoms with Crippen LogP contribution < -0.4 is 16.0 Å². The number of anilines is 1. The predicted octanol–water partition coefficient (Wildman–Crippen LogP) is 1.28. The van der Waals surface area contributed by atoms with Crippen LogP contribution in [-0.4, -0.2) is 19.0 Å². The minimum Gasteiger partial charge on any atom is -0.370 e. The minimum atomic E-state index is -0.0444. The van der Waals surface area contributed by atoms with Gasteiger partial charge in [-0.15, -0.1) is 6.42 Å². The number of carbonyl (C=O) groups is 1. The fraction of sp³-hybridized carbons (Fsp3) is 0.214. The van der Waals surface area contributed by atoms with E-state index in [2.05, 4.69) is 28.4 Å². The van der Waals surface area contributed by atoms with Gasteiger partial charge >= 0.3 is 0 Å². The molecular weight excluding hydrogens is 226 g/mol. The molecule has 0 aliphatic heterocycles. The van der Waals surface area contributed by atoms with E-state index >= 15 is 0 Å². The van der Waals surface area contributed by atoms with Gasteiger partial charge in [0.15, 0.2) is 0 Å². The van der Waals surface area contributed by atoms with Gasteiger partial charge in [0.05, 0.1) is 5.82 Å². The minimum absolute atomic E-state index is 0.0444. The summed E-state index contributed by atoms with van der Waals surface area (Å²) in [6, 6.07) is 7.50. The summed E-state index contributed by atoms with van der Waals surface area (Å²) in [7, 11) is 0. The molecule has 1 rings (SSSR count). The summed E-state index contributed by atoms with van der Waals surface area (Å²) in [5.41, 5.74) is 1.69. The lowest BCUT2D eigenvalue weighted by atomic mass is 10.2. The Kier molecular flexibility index (Phi) is 5.33. The maximum absolute atomic E-state index is 10.7. The predicted molar refractivity (Wildman–Crippen MR) is 73.8 cm³/mol. The van der Waals surface area contributed by atoms with Gasteiger partial charge in [0, 0.05) is 31.3 Å². The van der Waals surface area contributed by atoms with Crippen molar-refractivity contribution in [2.75, 3.05) is 18.4 Å². The Morgan fingerprint density at radius 2 is 2.11 bits per heavy atom. The van der Waals surface area contributed by atoms with Crippen LogP contribution in [0.3, 0.4) is 0 Å². The Morgan fingerprint density at radius 1 is 1.39 bits per heavy atom. The van der Waals surface area contributed by atoms with Crippen LogP contribution in [0.25, 0.3) is 0 Å². The number of nitrogens with one attached hydrogen (secondary N) is 3. The number of terminal acetylenes is 1. The second-order valence-corrected chi connectivity index (χ2v) is 3.74. The molecule has 0 saturated carbocycles. The zero-order valence-electron chi connectivity index (χ0n) is 10.4. The highest BCUT2D eigenvalue weighted by atomic mass is 16.1. The Morgan fingerprint density at radius 3 is 2.78 bits per heavy atom. The van der Waals surface area contributed by atoms with Gasteiger partial charge in [-0.2, -0.15) is 0 Å². The van der Waals surface area contributed by atoms with Gasteiger partial charge in [-0.25, -0.2) is 0 Å². The molecule has 1 aromatic rings. The van der Waals surface area contributed by atoms with Crippen LogP contribution in [0.15, 0.2) is 36.7 Å².